The van der Waals surface area contributed by atoms with Gasteiger partial charge in [0.1, 0.15) is 6.54 Å². The van der Waals surface area contributed by atoms with Crippen LogP contribution in [0.1, 0.15) is 45.1 Å². The molecule has 158 valence electrons. The third-order valence-electron chi connectivity index (χ3n) is 5.04. The quantitative estimate of drug-likeness (QED) is 0.585. The maximum atomic E-state index is 13.3. The molecule has 2 aromatic carbocycles. The van der Waals surface area contributed by atoms with Crippen LogP contribution in [0.5, 0.6) is 0 Å². The Kier molecular flexibility index (Phi) is 8.70. The van der Waals surface area contributed by atoms with Gasteiger partial charge < -0.3 is 5.32 Å². The zero-order valence-corrected chi connectivity index (χ0v) is 18.4. The predicted octanol–water partition coefficient (Wildman–Crippen LogP) is 4.52. The fourth-order valence-corrected chi connectivity index (χ4v) is 4.64. The van der Waals surface area contributed by atoms with Crippen LogP contribution in [0.15, 0.2) is 59.5 Å². The molecule has 2 rings (SSSR count). The largest absolute Gasteiger partial charge is 0.354 e. The smallest absolute Gasteiger partial charge is 0.264 e. The van der Waals surface area contributed by atoms with E-state index in [9.17, 15) is 13.2 Å². The molecule has 0 heterocycles. The minimum absolute atomic E-state index is 0.170. The van der Waals surface area contributed by atoms with Gasteiger partial charge in [-0.25, -0.2) is 8.42 Å². The molecule has 1 atom stereocenters. The van der Waals surface area contributed by atoms with Crippen molar-refractivity contribution in [3.8, 4) is 0 Å². The van der Waals surface area contributed by atoms with Crippen LogP contribution in [0.25, 0.3) is 0 Å². The number of sulfonamides is 1. The maximum absolute atomic E-state index is 13.3. The van der Waals surface area contributed by atoms with Gasteiger partial charge in [-0.15, -0.1) is 0 Å². The van der Waals surface area contributed by atoms with Crippen LogP contribution in [0.4, 0.5) is 5.69 Å². The Morgan fingerprint density at radius 1 is 1.07 bits per heavy atom. The van der Waals surface area contributed by atoms with E-state index in [1.807, 2.05) is 13.0 Å². The topological polar surface area (TPSA) is 66.5 Å². The molecular formula is C23H32N2O3S. The monoisotopic (exact) mass is 416 g/mol. The lowest BCUT2D eigenvalue weighted by atomic mass is 9.99. The first-order valence-electron chi connectivity index (χ1n) is 10.3. The van der Waals surface area contributed by atoms with Crippen molar-refractivity contribution in [2.45, 2.75) is 51.3 Å². The average Bonchev–Trinajstić information content (AvgIpc) is 2.72. The number of anilines is 1. The minimum Gasteiger partial charge on any atom is -0.354 e. The molecule has 5 nitrogen and oxygen atoms in total. The molecule has 0 bridgehead atoms. The van der Waals surface area contributed by atoms with Crippen molar-refractivity contribution in [2.75, 3.05) is 17.4 Å². The Morgan fingerprint density at radius 2 is 1.79 bits per heavy atom. The summed E-state index contributed by atoms with van der Waals surface area (Å²) < 4.78 is 27.7. The molecule has 0 aliphatic carbocycles. The predicted molar refractivity (Wildman–Crippen MR) is 118 cm³/mol. The first kappa shape index (κ1) is 22.9. The van der Waals surface area contributed by atoms with E-state index in [-0.39, 0.29) is 17.3 Å². The summed E-state index contributed by atoms with van der Waals surface area (Å²) in [5, 5.41) is 2.94. The van der Waals surface area contributed by atoms with Gasteiger partial charge in [0.25, 0.3) is 10.0 Å². The van der Waals surface area contributed by atoms with Gasteiger partial charge in [0.2, 0.25) is 5.91 Å². The Hall–Kier alpha value is -2.34. The highest BCUT2D eigenvalue weighted by atomic mass is 32.2. The molecule has 2 aromatic rings. The molecule has 0 radical (unpaired) electrons. The van der Waals surface area contributed by atoms with Crippen molar-refractivity contribution >= 4 is 21.6 Å². The number of aryl methyl sites for hydroxylation is 1. The van der Waals surface area contributed by atoms with Crippen LogP contribution < -0.4 is 9.62 Å². The van der Waals surface area contributed by atoms with Gasteiger partial charge in [0.05, 0.1) is 10.6 Å². The standard InChI is InChI=1S/C23H32N2O3S/c1-4-6-12-20(5-2)17-24-23(26)18-25(21-13-10-11-19(3)16-21)29(27,28)22-14-8-7-9-15-22/h7-11,13-16,20H,4-6,12,17-18H2,1-3H3,(H,24,26)/t20-/m1/s1. The van der Waals surface area contributed by atoms with Crippen molar-refractivity contribution in [3.05, 3.63) is 60.2 Å². The van der Waals surface area contributed by atoms with Gasteiger partial charge in [-0.3, -0.25) is 9.10 Å². The number of nitrogens with one attached hydrogen (secondary N) is 1. The Bertz CT molecular complexity index is 882. The molecule has 0 spiro atoms. The number of carbonyl (C=O) groups is 1. The number of unbranched alkanes of at least 4 members (excludes halogenated alkanes) is 1. The normalized spacial score (nSPS) is 12.4. The van der Waals surface area contributed by atoms with E-state index in [2.05, 4.69) is 19.2 Å². The van der Waals surface area contributed by atoms with Crippen molar-refractivity contribution in [2.24, 2.45) is 5.92 Å². The second-order valence-electron chi connectivity index (χ2n) is 7.38. The zero-order chi connectivity index (χ0) is 21.3. The minimum atomic E-state index is -3.85. The summed E-state index contributed by atoms with van der Waals surface area (Å²) in [7, 11) is -3.85. The Balaban J connectivity index is 2.21. The molecule has 0 unspecified atom stereocenters. The van der Waals surface area contributed by atoms with Crippen molar-refractivity contribution in [1.29, 1.82) is 0 Å². The maximum Gasteiger partial charge on any atom is 0.264 e. The third kappa shape index (κ3) is 6.60. The van der Waals surface area contributed by atoms with Gasteiger partial charge in [-0.05, 0) is 49.1 Å². The zero-order valence-electron chi connectivity index (χ0n) is 17.6. The molecule has 6 heteroatoms. The van der Waals surface area contributed by atoms with Crippen LogP contribution in [0.2, 0.25) is 0 Å². The second kappa shape index (κ2) is 11.0. The van der Waals surface area contributed by atoms with E-state index in [1.165, 1.54) is 4.31 Å². The van der Waals surface area contributed by atoms with Gasteiger partial charge >= 0.3 is 0 Å². The number of rotatable bonds is 11. The lowest BCUT2D eigenvalue weighted by molar-refractivity contribution is -0.119. The Labute approximate surface area is 175 Å². The SMILES string of the molecule is CCCC[C@@H](CC)CNC(=O)CN(c1cccc(C)c1)S(=O)(=O)c1ccccc1. The lowest BCUT2D eigenvalue weighted by Gasteiger charge is -2.25. The second-order valence-corrected chi connectivity index (χ2v) is 9.25. The molecule has 29 heavy (non-hydrogen) atoms. The van der Waals surface area contributed by atoms with Gasteiger partial charge in [0.15, 0.2) is 0 Å². The highest BCUT2D eigenvalue weighted by Gasteiger charge is 2.27. The Morgan fingerprint density at radius 3 is 2.41 bits per heavy atom. The van der Waals surface area contributed by atoms with E-state index in [0.29, 0.717) is 18.2 Å². The number of benzene rings is 2. The summed E-state index contributed by atoms with van der Waals surface area (Å²) >= 11 is 0. The molecule has 0 saturated carbocycles. The van der Waals surface area contributed by atoms with E-state index in [1.54, 1.807) is 48.5 Å². The molecule has 0 aliphatic rings. The van der Waals surface area contributed by atoms with Crippen LogP contribution >= 0.6 is 0 Å². The van der Waals surface area contributed by atoms with E-state index < -0.39 is 10.0 Å². The molecule has 1 amide bonds. The summed E-state index contributed by atoms with van der Waals surface area (Å²) in [6.45, 7) is 6.49. The van der Waals surface area contributed by atoms with Crippen LogP contribution in [0.3, 0.4) is 0 Å². The average molecular weight is 417 g/mol. The molecule has 1 N–H and O–H groups in total. The number of hydrogen-bond donors (Lipinski definition) is 1. The number of hydrogen-bond acceptors (Lipinski definition) is 3. The van der Waals surface area contributed by atoms with Gasteiger partial charge in [-0.1, -0.05) is 63.4 Å². The summed E-state index contributed by atoms with van der Waals surface area (Å²) in [4.78, 5) is 12.8. The van der Waals surface area contributed by atoms with E-state index in [0.717, 1.165) is 31.2 Å². The van der Waals surface area contributed by atoms with E-state index >= 15 is 0 Å². The number of amides is 1. The lowest BCUT2D eigenvalue weighted by Crippen LogP contribution is -2.42. The van der Waals surface area contributed by atoms with Gasteiger partial charge in [0, 0.05) is 6.54 Å². The van der Waals surface area contributed by atoms with Crippen LogP contribution in [-0.2, 0) is 14.8 Å². The fraction of sp³-hybridized carbons (Fsp3) is 0.435. The highest BCUT2D eigenvalue weighted by molar-refractivity contribution is 7.92. The fourth-order valence-electron chi connectivity index (χ4n) is 3.21. The summed E-state index contributed by atoms with van der Waals surface area (Å²) in [6.07, 6.45) is 4.31. The van der Waals surface area contributed by atoms with Crippen LogP contribution in [0, 0.1) is 12.8 Å². The van der Waals surface area contributed by atoms with Crippen molar-refractivity contribution in [1.82, 2.24) is 5.32 Å². The van der Waals surface area contributed by atoms with E-state index in [4.69, 9.17) is 0 Å². The first-order chi connectivity index (χ1) is 13.9. The molecule has 0 aromatic heterocycles. The number of nitrogens with zero attached hydrogens (tertiary/aromatic N) is 1. The third-order valence-corrected chi connectivity index (χ3v) is 6.83. The molecule has 0 saturated heterocycles. The highest BCUT2D eigenvalue weighted by Crippen LogP contribution is 2.24. The van der Waals surface area contributed by atoms with Gasteiger partial charge in [-0.2, -0.15) is 0 Å². The van der Waals surface area contributed by atoms with Crippen molar-refractivity contribution in [3.63, 3.8) is 0 Å². The van der Waals surface area contributed by atoms with Crippen LogP contribution in [-0.4, -0.2) is 27.4 Å². The summed E-state index contributed by atoms with van der Waals surface area (Å²) in [6, 6.07) is 15.4. The molecule has 0 aliphatic heterocycles. The summed E-state index contributed by atoms with van der Waals surface area (Å²) in [5.41, 5.74) is 1.42. The van der Waals surface area contributed by atoms with Crippen molar-refractivity contribution < 1.29 is 13.2 Å². The number of carbonyl (C=O) groups excluding carboxylic acids is 1. The summed E-state index contributed by atoms with van der Waals surface area (Å²) in [5.74, 6) is 0.123. The first-order valence-corrected chi connectivity index (χ1v) is 11.7. The molecule has 0 fully saturated rings. The molecular weight excluding hydrogens is 384 g/mol.